The molecule has 21 heavy (non-hydrogen) atoms. The lowest BCUT2D eigenvalue weighted by Crippen LogP contribution is -2.13. The number of aryl methyl sites for hydroxylation is 1. The van der Waals surface area contributed by atoms with Gasteiger partial charge in [0, 0.05) is 11.3 Å². The van der Waals surface area contributed by atoms with E-state index in [0.717, 1.165) is 5.56 Å². The van der Waals surface area contributed by atoms with Gasteiger partial charge in [-0.1, -0.05) is 35.6 Å². The summed E-state index contributed by atoms with van der Waals surface area (Å²) >= 11 is 0. The summed E-state index contributed by atoms with van der Waals surface area (Å²) in [6.07, 6.45) is 0. The van der Waals surface area contributed by atoms with Gasteiger partial charge in [-0.25, -0.2) is 8.42 Å². The third-order valence-corrected chi connectivity index (χ3v) is 4.16. The third-order valence-electron chi connectivity index (χ3n) is 2.78. The van der Waals surface area contributed by atoms with Crippen molar-refractivity contribution in [3.63, 3.8) is 0 Å². The topological polar surface area (TPSA) is 72.2 Å². The Hall–Kier alpha value is -2.29. The molecule has 2 rings (SSSR count). The second-order valence-corrected chi connectivity index (χ2v) is 6.19. The lowest BCUT2D eigenvalue weighted by atomic mass is 10.2. The summed E-state index contributed by atoms with van der Waals surface area (Å²) in [4.78, 5) is 0.173. The molecule has 0 aliphatic rings. The number of nitrogens with two attached hydrogens (primary N) is 1. The fourth-order valence-corrected chi connectivity index (χ4v) is 2.83. The summed E-state index contributed by atoms with van der Waals surface area (Å²) in [6.45, 7) is 2.18. The largest absolute Gasteiger partial charge is 0.320 e. The summed E-state index contributed by atoms with van der Waals surface area (Å²) in [5, 5.41) is 0. The maximum atomic E-state index is 12.3. The zero-order valence-electron chi connectivity index (χ0n) is 11.6. The van der Waals surface area contributed by atoms with E-state index in [-0.39, 0.29) is 11.4 Å². The number of hydrogen-bond donors (Lipinski definition) is 2. The molecule has 0 unspecified atom stereocenters. The Morgan fingerprint density at radius 1 is 1.14 bits per heavy atom. The summed E-state index contributed by atoms with van der Waals surface area (Å²) in [5.74, 6) is 5.52. The molecular weight excluding hydrogens is 284 g/mol. The average Bonchev–Trinajstić information content (AvgIpc) is 2.48. The van der Waals surface area contributed by atoms with E-state index in [4.69, 9.17) is 5.73 Å². The van der Waals surface area contributed by atoms with Crippen LogP contribution in [-0.2, 0) is 10.0 Å². The Kier molecular flexibility index (Phi) is 4.63. The summed E-state index contributed by atoms with van der Waals surface area (Å²) < 4.78 is 27.2. The number of hydrogen-bond acceptors (Lipinski definition) is 3. The van der Waals surface area contributed by atoms with Gasteiger partial charge in [0.15, 0.2) is 0 Å². The minimum absolute atomic E-state index is 0.173. The van der Waals surface area contributed by atoms with Crippen molar-refractivity contribution in [3.05, 3.63) is 59.7 Å². The van der Waals surface area contributed by atoms with E-state index in [1.165, 1.54) is 12.1 Å². The lowest BCUT2D eigenvalue weighted by Gasteiger charge is -2.08. The van der Waals surface area contributed by atoms with Gasteiger partial charge in [0.1, 0.15) is 0 Å². The van der Waals surface area contributed by atoms with E-state index in [1.54, 1.807) is 24.3 Å². The highest BCUT2D eigenvalue weighted by Crippen LogP contribution is 2.17. The molecule has 2 aromatic rings. The van der Waals surface area contributed by atoms with Crippen molar-refractivity contribution >= 4 is 15.7 Å². The van der Waals surface area contributed by atoms with Gasteiger partial charge in [0.25, 0.3) is 10.0 Å². The van der Waals surface area contributed by atoms with Crippen LogP contribution in [0.1, 0.15) is 11.1 Å². The summed E-state index contributed by atoms with van der Waals surface area (Å²) in [6, 6.07) is 13.6. The van der Waals surface area contributed by atoms with Crippen LogP contribution in [-0.4, -0.2) is 15.0 Å². The van der Waals surface area contributed by atoms with E-state index in [2.05, 4.69) is 16.6 Å². The zero-order valence-corrected chi connectivity index (χ0v) is 12.4. The minimum atomic E-state index is -3.62. The molecule has 3 N–H and O–H groups in total. The van der Waals surface area contributed by atoms with Crippen LogP contribution in [0.25, 0.3) is 0 Å². The van der Waals surface area contributed by atoms with Gasteiger partial charge < -0.3 is 5.73 Å². The molecule has 4 nitrogen and oxygen atoms in total. The molecule has 0 aromatic heterocycles. The molecule has 0 atom stereocenters. The molecule has 0 spiro atoms. The van der Waals surface area contributed by atoms with Gasteiger partial charge in [-0.05, 0) is 37.3 Å². The van der Waals surface area contributed by atoms with Gasteiger partial charge in [0.2, 0.25) is 0 Å². The average molecular weight is 300 g/mol. The first-order valence-corrected chi connectivity index (χ1v) is 7.88. The van der Waals surface area contributed by atoms with Gasteiger partial charge in [-0.15, -0.1) is 0 Å². The number of rotatable bonds is 3. The van der Waals surface area contributed by atoms with Crippen molar-refractivity contribution in [3.8, 4) is 11.8 Å². The number of anilines is 1. The highest BCUT2D eigenvalue weighted by molar-refractivity contribution is 7.92. The van der Waals surface area contributed by atoms with Crippen molar-refractivity contribution in [2.24, 2.45) is 5.73 Å². The molecule has 0 radical (unpaired) electrons. The van der Waals surface area contributed by atoms with Crippen LogP contribution in [0.15, 0.2) is 53.4 Å². The maximum absolute atomic E-state index is 12.3. The predicted octanol–water partition coefficient (Wildman–Crippen LogP) is 2.11. The highest BCUT2D eigenvalue weighted by atomic mass is 32.2. The van der Waals surface area contributed by atoms with E-state index in [0.29, 0.717) is 11.3 Å². The molecule has 5 heteroatoms. The molecule has 0 amide bonds. The summed E-state index contributed by atoms with van der Waals surface area (Å²) in [5.41, 5.74) is 7.52. The van der Waals surface area contributed by atoms with Crippen LogP contribution in [0, 0.1) is 18.8 Å². The molecule has 0 saturated heterocycles. The van der Waals surface area contributed by atoms with Crippen LogP contribution >= 0.6 is 0 Å². The second kappa shape index (κ2) is 6.44. The normalized spacial score (nSPS) is 10.6. The van der Waals surface area contributed by atoms with E-state index >= 15 is 0 Å². The Labute approximate surface area is 125 Å². The summed E-state index contributed by atoms with van der Waals surface area (Å²) in [7, 11) is -3.62. The van der Waals surface area contributed by atoms with E-state index in [1.807, 2.05) is 19.1 Å². The number of benzene rings is 2. The van der Waals surface area contributed by atoms with Crippen LogP contribution in [0.4, 0.5) is 5.69 Å². The van der Waals surface area contributed by atoms with Crippen molar-refractivity contribution in [1.29, 1.82) is 0 Å². The highest BCUT2D eigenvalue weighted by Gasteiger charge is 2.14. The van der Waals surface area contributed by atoms with Gasteiger partial charge in [0.05, 0.1) is 11.4 Å². The second-order valence-electron chi connectivity index (χ2n) is 4.51. The Balaban J connectivity index is 2.29. The van der Waals surface area contributed by atoms with Crippen molar-refractivity contribution < 1.29 is 8.42 Å². The van der Waals surface area contributed by atoms with Crippen LogP contribution in [0.3, 0.4) is 0 Å². The Bertz CT molecular complexity index is 785. The molecule has 0 fully saturated rings. The molecule has 0 saturated carbocycles. The number of sulfonamides is 1. The van der Waals surface area contributed by atoms with Gasteiger partial charge in [-0.2, -0.15) is 0 Å². The molecule has 2 aromatic carbocycles. The Morgan fingerprint density at radius 2 is 1.86 bits per heavy atom. The molecule has 0 heterocycles. The molecular formula is C16H16N2O2S. The van der Waals surface area contributed by atoms with Crippen molar-refractivity contribution in [1.82, 2.24) is 0 Å². The molecule has 0 aliphatic carbocycles. The van der Waals surface area contributed by atoms with Crippen LogP contribution < -0.4 is 10.5 Å². The van der Waals surface area contributed by atoms with Crippen molar-refractivity contribution in [2.45, 2.75) is 11.8 Å². The van der Waals surface area contributed by atoms with Crippen LogP contribution in [0.5, 0.6) is 0 Å². The first-order chi connectivity index (χ1) is 10.0. The fourth-order valence-electron chi connectivity index (χ4n) is 1.73. The van der Waals surface area contributed by atoms with Crippen LogP contribution in [0.2, 0.25) is 0 Å². The minimum Gasteiger partial charge on any atom is -0.320 e. The van der Waals surface area contributed by atoms with Gasteiger partial charge >= 0.3 is 0 Å². The SMILES string of the molecule is Cc1ccc(NS(=O)(=O)c2cccc(C#CCN)c2)cc1. The predicted molar refractivity (Wildman–Crippen MR) is 84.4 cm³/mol. The zero-order chi connectivity index (χ0) is 15.3. The van der Waals surface area contributed by atoms with E-state index in [9.17, 15) is 8.42 Å². The molecule has 0 bridgehead atoms. The first-order valence-electron chi connectivity index (χ1n) is 6.40. The monoisotopic (exact) mass is 300 g/mol. The molecule has 108 valence electrons. The quantitative estimate of drug-likeness (QED) is 0.853. The maximum Gasteiger partial charge on any atom is 0.261 e. The van der Waals surface area contributed by atoms with Crippen molar-refractivity contribution in [2.75, 3.05) is 11.3 Å². The fraction of sp³-hybridized carbons (Fsp3) is 0.125. The van der Waals surface area contributed by atoms with Gasteiger partial charge in [-0.3, -0.25) is 4.72 Å². The smallest absolute Gasteiger partial charge is 0.261 e. The molecule has 0 aliphatic heterocycles. The standard InChI is InChI=1S/C16H16N2O2S/c1-13-7-9-15(10-8-13)18-21(19,20)16-6-2-4-14(12-16)5-3-11-17/h2,4,6-10,12,18H,11,17H2,1H3. The third kappa shape index (κ3) is 4.09. The first kappa shape index (κ1) is 15.1. The lowest BCUT2D eigenvalue weighted by molar-refractivity contribution is 0.601. The number of nitrogens with one attached hydrogen (secondary N) is 1. The van der Waals surface area contributed by atoms with E-state index < -0.39 is 10.0 Å². The Morgan fingerprint density at radius 3 is 2.52 bits per heavy atom.